The lowest BCUT2D eigenvalue weighted by atomic mass is 10.0. The monoisotopic (exact) mass is 344 g/mol. The summed E-state index contributed by atoms with van der Waals surface area (Å²) >= 11 is 0. The smallest absolute Gasteiger partial charge is 0.264 e. The van der Waals surface area contributed by atoms with Crippen molar-refractivity contribution in [3.8, 4) is 0 Å². The average molecular weight is 344 g/mol. The second-order valence-electron chi connectivity index (χ2n) is 6.57. The summed E-state index contributed by atoms with van der Waals surface area (Å²) in [6.45, 7) is 2.47. The van der Waals surface area contributed by atoms with Crippen LogP contribution in [0.3, 0.4) is 0 Å². The van der Waals surface area contributed by atoms with Crippen LogP contribution in [0.1, 0.15) is 30.0 Å². The van der Waals surface area contributed by atoms with Crippen LogP contribution in [-0.4, -0.2) is 34.0 Å². The number of hydrogen-bond donors (Lipinski definition) is 0. The molecule has 0 saturated carbocycles. The van der Waals surface area contributed by atoms with Crippen molar-refractivity contribution in [1.82, 2.24) is 4.90 Å². The summed E-state index contributed by atoms with van der Waals surface area (Å²) in [7, 11) is 0.545. The molecule has 0 N–H and O–H groups in total. The number of aryl methyl sites for hydroxylation is 1. The lowest BCUT2D eigenvalue weighted by molar-refractivity contribution is 0.284. The Kier molecular flexibility index (Phi) is 4.65. The van der Waals surface area contributed by atoms with E-state index < -0.39 is 10.0 Å². The van der Waals surface area contributed by atoms with Gasteiger partial charge in [0.15, 0.2) is 0 Å². The van der Waals surface area contributed by atoms with Crippen LogP contribution in [0, 0.1) is 6.92 Å². The average Bonchev–Trinajstić information content (AvgIpc) is 2.75. The van der Waals surface area contributed by atoms with Gasteiger partial charge in [-0.05, 0) is 57.6 Å². The highest BCUT2D eigenvalue weighted by Gasteiger charge is 2.31. The van der Waals surface area contributed by atoms with Crippen molar-refractivity contribution >= 4 is 15.7 Å². The maximum absolute atomic E-state index is 13.2. The zero-order valence-electron chi connectivity index (χ0n) is 14.4. The fourth-order valence-electron chi connectivity index (χ4n) is 3.32. The topological polar surface area (TPSA) is 40.6 Å². The van der Waals surface area contributed by atoms with Crippen molar-refractivity contribution in [1.29, 1.82) is 0 Å². The summed E-state index contributed by atoms with van der Waals surface area (Å²) in [5.41, 5.74) is 2.93. The van der Waals surface area contributed by atoms with Gasteiger partial charge in [0.1, 0.15) is 0 Å². The number of fused-ring (bicyclic) bond motifs is 1. The Hall–Kier alpha value is -1.85. The Labute approximate surface area is 144 Å². The lowest BCUT2D eigenvalue weighted by Gasteiger charge is -2.27. The van der Waals surface area contributed by atoms with Crippen LogP contribution in [0.4, 0.5) is 5.69 Å². The molecule has 0 aromatic heterocycles. The van der Waals surface area contributed by atoms with Gasteiger partial charge in [-0.2, -0.15) is 0 Å². The van der Waals surface area contributed by atoms with Gasteiger partial charge < -0.3 is 4.90 Å². The van der Waals surface area contributed by atoms with E-state index in [1.54, 1.807) is 16.4 Å². The summed E-state index contributed by atoms with van der Waals surface area (Å²) in [4.78, 5) is 2.52. The molecule has 0 fully saturated rings. The Morgan fingerprint density at radius 2 is 1.71 bits per heavy atom. The van der Waals surface area contributed by atoms with Crippen molar-refractivity contribution in [2.45, 2.75) is 30.7 Å². The van der Waals surface area contributed by atoms with Gasteiger partial charge >= 0.3 is 0 Å². The highest BCUT2D eigenvalue weighted by Crippen LogP contribution is 2.37. The Morgan fingerprint density at radius 1 is 1.04 bits per heavy atom. The van der Waals surface area contributed by atoms with Gasteiger partial charge in [-0.15, -0.1) is 0 Å². The molecular weight excluding hydrogens is 320 g/mol. The molecule has 0 bridgehead atoms. The highest BCUT2D eigenvalue weighted by atomic mass is 32.2. The molecule has 1 aliphatic heterocycles. The van der Waals surface area contributed by atoms with Crippen molar-refractivity contribution in [2.24, 2.45) is 0 Å². The number of hydrogen-bond acceptors (Lipinski definition) is 3. The fourth-order valence-corrected chi connectivity index (χ4v) is 4.85. The molecule has 2 aromatic rings. The van der Waals surface area contributed by atoms with E-state index in [2.05, 4.69) is 4.90 Å². The standard InChI is InChI=1S/C19H24N2O2S/c1-15-10-12-16(13-11-15)24(22,23)21-14-6-9-18(20(2)3)17-7-4-5-8-19(17)21/h4-5,7-8,10-13,18H,6,9,14H2,1-3H3. The molecule has 5 heteroatoms. The number of anilines is 1. The molecule has 1 aliphatic rings. The van der Waals surface area contributed by atoms with Crippen LogP contribution >= 0.6 is 0 Å². The number of rotatable bonds is 3. The molecule has 1 heterocycles. The molecular formula is C19H24N2O2S. The zero-order chi connectivity index (χ0) is 17.3. The fraction of sp³-hybridized carbons (Fsp3) is 0.368. The third-order valence-corrected chi connectivity index (χ3v) is 6.46. The molecule has 2 aromatic carbocycles. The quantitative estimate of drug-likeness (QED) is 0.854. The zero-order valence-corrected chi connectivity index (χ0v) is 15.3. The molecule has 0 amide bonds. The maximum Gasteiger partial charge on any atom is 0.264 e. The number of nitrogens with zero attached hydrogens (tertiary/aromatic N) is 2. The molecule has 3 rings (SSSR count). The summed E-state index contributed by atoms with van der Waals surface area (Å²) in [6.07, 6.45) is 1.78. The summed E-state index contributed by atoms with van der Waals surface area (Å²) < 4.78 is 28.0. The van der Waals surface area contributed by atoms with E-state index in [1.807, 2.05) is 57.4 Å². The molecule has 1 atom stereocenters. The van der Waals surface area contributed by atoms with Crippen molar-refractivity contribution < 1.29 is 8.42 Å². The Balaban J connectivity index is 2.10. The van der Waals surface area contributed by atoms with E-state index in [4.69, 9.17) is 0 Å². The first-order valence-electron chi connectivity index (χ1n) is 8.26. The number of para-hydroxylation sites is 1. The minimum Gasteiger partial charge on any atom is -0.302 e. The van der Waals surface area contributed by atoms with Crippen LogP contribution < -0.4 is 4.31 Å². The second-order valence-corrected chi connectivity index (χ2v) is 8.43. The van der Waals surface area contributed by atoms with E-state index in [0.717, 1.165) is 29.7 Å². The molecule has 0 saturated heterocycles. The molecule has 0 spiro atoms. The predicted octanol–water partition coefficient (Wildman–Crippen LogP) is 3.59. The molecule has 128 valence electrons. The number of benzene rings is 2. The van der Waals surface area contributed by atoms with Gasteiger partial charge in [0.05, 0.1) is 10.6 Å². The lowest BCUT2D eigenvalue weighted by Crippen LogP contribution is -2.32. The van der Waals surface area contributed by atoms with Crippen LogP contribution in [-0.2, 0) is 10.0 Å². The van der Waals surface area contributed by atoms with Crippen LogP contribution in [0.25, 0.3) is 0 Å². The van der Waals surface area contributed by atoms with Gasteiger partial charge in [-0.1, -0.05) is 35.9 Å². The molecule has 0 aliphatic carbocycles. The third kappa shape index (κ3) is 3.06. The summed E-state index contributed by atoms with van der Waals surface area (Å²) in [5, 5.41) is 0. The van der Waals surface area contributed by atoms with Crippen molar-refractivity contribution in [3.63, 3.8) is 0 Å². The predicted molar refractivity (Wildman–Crippen MR) is 97.8 cm³/mol. The first-order chi connectivity index (χ1) is 11.4. The van der Waals surface area contributed by atoms with Crippen LogP contribution in [0.5, 0.6) is 0 Å². The first-order valence-corrected chi connectivity index (χ1v) is 9.70. The SMILES string of the molecule is Cc1ccc(S(=O)(=O)N2CCCC(N(C)C)c3ccccc32)cc1. The third-order valence-electron chi connectivity index (χ3n) is 4.64. The van der Waals surface area contributed by atoms with Crippen LogP contribution in [0.15, 0.2) is 53.4 Å². The molecule has 24 heavy (non-hydrogen) atoms. The van der Waals surface area contributed by atoms with E-state index in [9.17, 15) is 8.42 Å². The van der Waals surface area contributed by atoms with E-state index in [1.165, 1.54) is 0 Å². The molecule has 1 unspecified atom stereocenters. The largest absolute Gasteiger partial charge is 0.302 e. The van der Waals surface area contributed by atoms with Gasteiger partial charge in [-0.3, -0.25) is 4.31 Å². The Bertz CT molecular complexity index is 814. The normalized spacial score (nSPS) is 18.3. The van der Waals surface area contributed by atoms with E-state index in [0.29, 0.717) is 11.4 Å². The first kappa shape index (κ1) is 17.0. The minimum absolute atomic E-state index is 0.236. The summed E-state index contributed by atoms with van der Waals surface area (Å²) in [5.74, 6) is 0. The number of sulfonamides is 1. The highest BCUT2D eigenvalue weighted by molar-refractivity contribution is 7.92. The molecule has 0 radical (unpaired) electrons. The minimum atomic E-state index is -3.55. The van der Waals surface area contributed by atoms with Gasteiger partial charge in [0.2, 0.25) is 0 Å². The molecule has 4 nitrogen and oxygen atoms in total. The second kappa shape index (κ2) is 6.57. The van der Waals surface area contributed by atoms with Gasteiger partial charge in [-0.25, -0.2) is 8.42 Å². The van der Waals surface area contributed by atoms with Gasteiger partial charge in [0, 0.05) is 12.6 Å². The van der Waals surface area contributed by atoms with Gasteiger partial charge in [0.25, 0.3) is 10.0 Å². The van der Waals surface area contributed by atoms with E-state index in [-0.39, 0.29) is 6.04 Å². The van der Waals surface area contributed by atoms with Crippen molar-refractivity contribution in [2.75, 3.05) is 24.9 Å². The Morgan fingerprint density at radius 3 is 2.38 bits per heavy atom. The summed E-state index contributed by atoms with van der Waals surface area (Å²) in [6, 6.07) is 15.2. The van der Waals surface area contributed by atoms with E-state index >= 15 is 0 Å². The van der Waals surface area contributed by atoms with Crippen LogP contribution in [0.2, 0.25) is 0 Å². The maximum atomic E-state index is 13.2. The van der Waals surface area contributed by atoms with Crippen molar-refractivity contribution in [3.05, 3.63) is 59.7 Å².